The third-order valence-electron chi connectivity index (χ3n) is 4.21. The third kappa shape index (κ3) is 5.72. The fourth-order valence-corrected chi connectivity index (χ4v) is 4.42. The van der Waals surface area contributed by atoms with E-state index in [1.807, 2.05) is 24.4 Å². The van der Waals surface area contributed by atoms with E-state index in [9.17, 15) is 14.1 Å². The van der Waals surface area contributed by atoms with Gasteiger partial charge in [-0.2, -0.15) is 4.98 Å². The van der Waals surface area contributed by atoms with Gasteiger partial charge in [0, 0.05) is 34.7 Å². The van der Waals surface area contributed by atoms with E-state index in [2.05, 4.69) is 36.5 Å². The van der Waals surface area contributed by atoms with Crippen molar-refractivity contribution in [1.82, 2.24) is 20.0 Å². The molecule has 0 saturated heterocycles. The van der Waals surface area contributed by atoms with Crippen LogP contribution in [-0.4, -0.2) is 50.9 Å². The van der Waals surface area contributed by atoms with Gasteiger partial charge in [-0.25, -0.2) is 14.0 Å². The molecule has 31 heavy (non-hydrogen) atoms. The summed E-state index contributed by atoms with van der Waals surface area (Å²) in [5.41, 5.74) is 1.51. The molecule has 0 bridgehead atoms. The number of hydrogen-bond acceptors (Lipinski definition) is 8. The smallest absolute Gasteiger partial charge is 0.326 e. The number of anilines is 3. The Morgan fingerprint density at radius 1 is 1.29 bits per heavy atom. The van der Waals surface area contributed by atoms with Gasteiger partial charge in [0.2, 0.25) is 5.95 Å². The van der Waals surface area contributed by atoms with Crippen molar-refractivity contribution in [2.45, 2.75) is 17.9 Å². The van der Waals surface area contributed by atoms with E-state index in [1.165, 1.54) is 7.05 Å². The topological polar surface area (TPSA) is 128 Å². The maximum absolute atomic E-state index is 12.6. The molecule has 0 aliphatic carbocycles. The SMILES string of the molecule is C=S(=O)(NC(=O)NC)c1ccc(Nc2ncc(-c3cccs3)c(N[C@H](C)CO)n2)cc1. The zero-order valence-electron chi connectivity index (χ0n) is 17.1. The lowest BCUT2D eigenvalue weighted by Crippen LogP contribution is -2.37. The molecule has 2 atom stereocenters. The van der Waals surface area contributed by atoms with E-state index in [1.54, 1.807) is 41.8 Å². The molecule has 2 heterocycles. The molecule has 1 unspecified atom stereocenters. The second-order valence-electron chi connectivity index (χ2n) is 6.67. The Kier molecular flexibility index (Phi) is 7.10. The molecule has 0 radical (unpaired) electrons. The Balaban J connectivity index is 1.82. The number of urea groups is 1. The first-order valence-corrected chi connectivity index (χ1v) is 11.9. The highest BCUT2D eigenvalue weighted by molar-refractivity contribution is 7.99. The van der Waals surface area contributed by atoms with Crippen molar-refractivity contribution in [2.75, 3.05) is 24.3 Å². The molecule has 2 amide bonds. The van der Waals surface area contributed by atoms with Crippen LogP contribution in [0.1, 0.15) is 6.92 Å². The van der Waals surface area contributed by atoms with Crippen molar-refractivity contribution in [3.8, 4) is 10.4 Å². The van der Waals surface area contributed by atoms with Gasteiger partial charge in [-0.15, -0.1) is 11.3 Å². The quantitative estimate of drug-likeness (QED) is 0.327. The number of rotatable bonds is 8. The van der Waals surface area contributed by atoms with Crippen LogP contribution in [0, 0.1) is 0 Å². The Morgan fingerprint density at radius 2 is 2.03 bits per heavy atom. The lowest BCUT2D eigenvalue weighted by molar-refractivity contribution is 0.248. The minimum atomic E-state index is -2.97. The summed E-state index contributed by atoms with van der Waals surface area (Å²) < 4.78 is 14.9. The van der Waals surface area contributed by atoms with Gasteiger partial charge in [0.1, 0.15) is 5.82 Å². The first-order valence-electron chi connectivity index (χ1n) is 9.34. The molecule has 11 heteroatoms. The summed E-state index contributed by atoms with van der Waals surface area (Å²) in [5.74, 6) is 4.57. The maximum Gasteiger partial charge on any atom is 0.326 e. The van der Waals surface area contributed by atoms with E-state index in [0.29, 0.717) is 22.3 Å². The third-order valence-corrected chi connectivity index (χ3v) is 6.66. The molecule has 3 aromatic rings. The molecule has 9 nitrogen and oxygen atoms in total. The fourth-order valence-electron chi connectivity index (χ4n) is 2.59. The molecule has 0 spiro atoms. The van der Waals surface area contributed by atoms with Crippen molar-refractivity contribution in [2.24, 2.45) is 0 Å². The number of amides is 2. The van der Waals surface area contributed by atoms with Gasteiger partial charge in [0.05, 0.1) is 21.9 Å². The van der Waals surface area contributed by atoms with Crippen LogP contribution < -0.4 is 20.7 Å². The van der Waals surface area contributed by atoms with Crippen LogP contribution in [-0.2, 0) is 9.71 Å². The van der Waals surface area contributed by atoms with Gasteiger partial charge in [0.25, 0.3) is 0 Å². The molecular formula is C20H24N6O3S2. The van der Waals surface area contributed by atoms with Gasteiger partial charge in [-0.1, -0.05) is 6.07 Å². The van der Waals surface area contributed by atoms with Crippen LogP contribution in [0.3, 0.4) is 0 Å². The van der Waals surface area contributed by atoms with Crippen LogP contribution in [0.25, 0.3) is 10.4 Å². The Bertz CT molecular complexity index is 1130. The van der Waals surface area contributed by atoms with Crippen LogP contribution in [0.2, 0.25) is 0 Å². The number of carbonyl (C=O) groups is 1. The van der Waals surface area contributed by atoms with Gasteiger partial charge < -0.3 is 21.1 Å². The Labute approximate surface area is 185 Å². The van der Waals surface area contributed by atoms with Crippen molar-refractivity contribution >= 4 is 50.4 Å². The summed E-state index contributed by atoms with van der Waals surface area (Å²) in [6, 6.07) is 9.80. The average Bonchev–Trinajstić information content (AvgIpc) is 3.28. The molecule has 0 aliphatic rings. The largest absolute Gasteiger partial charge is 0.394 e. The van der Waals surface area contributed by atoms with Gasteiger partial charge in [-0.05, 0) is 48.5 Å². The number of carbonyl (C=O) groups excluding carboxylic acids is 1. The molecule has 1 aromatic carbocycles. The maximum atomic E-state index is 12.6. The fraction of sp³-hybridized carbons (Fsp3) is 0.200. The molecule has 0 saturated carbocycles. The summed E-state index contributed by atoms with van der Waals surface area (Å²) in [5, 5.41) is 20.0. The molecule has 0 aliphatic heterocycles. The van der Waals surface area contributed by atoms with Crippen LogP contribution in [0.5, 0.6) is 0 Å². The first-order chi connectivity index (χ1) is 14.8. The number of aromatic nitrogens is 2. The van der Waals surface area contributed by atoms with Crippen LogP contribution in [0.15, 0.2) is 52.9 Å². The number of aliphatic hydroxyl groups excluding tert-OH is 1. The van der Waals surface area contributed by atoms with E-state index in [4.69, 9.17) is 0 Å². The molecule has 5 N–H and O–H groups in total. The normalized spacial score (nSPS) is 13.6. The zero-order chi connectivity index (χ0) is 22.4. The van der Waals surface area contributed by atoms with Crippen molar-refractivity contribution < 1.29 is 14.1 Å². The standard InChI is InChI=1S/C20H24N6O3S2/c1-13(12-27)23-18-16(17-5-4-10-30-17)11-22-19(25-18)24-14-6-8-15(9-7-14)31(3,29)26-20(28)21-2/h4-11,13,27H,3,12H2,1-2H3,(H2,21,26,28,29)(H2,22,23,24,25)/t13-,31?/m1/s1. The summed E-state index contributed by atoms with van der Waals surface area (Å²) in [7, 11) is -1.53. The number of nitrogens with zero attached hydrogens (tertiary/aromatic N) is 2. The lowest BCUT2D eigenvalue weighted by Gasteiger charge is -2.16. The molecule has 0 fully saturated rings. The van der Waals surface area contributed by atoms with E-state index in [-0.39, 0.29) is 12.6 Å². The number of hydrogen-bond donors (Lipinski definition) is 5. The average molecular weight is 461 g/mol. The minimum absolute atomic E-state index is 0.0352. The lowest BCUT2D eigenvalue weighted by atomic mass is 10.2. The predicted molar refractivity (Wildman–Crippen MR) is 126 cm³/mol. The second kappa shape index (κ2) is 9.77. The first kappa shape index (κ1) is 22.5. The van der Waals surface area contributed by atoms with E-state index < -0.39 is 15.7 Å². The highest BCUT2D eigenvalue weighted by Crippen LogP contribution is 2.31. The predicted octanol–water partition coefficient (Wildman–Crippen LogP) is 2.66. The molecule has 3 rings (SSSR count). The van der Waals surface area contributed by atoms with Crippen molar-refractivity contribution in [3.05, 3.63) is 48.0 Å². The second-order valence-corrected chi connectivity index (χ2v) is 9.64. The van der Waals surface area contributed by atoms with Crippen molar-refractivity contribution in [1.29, 1.82) is 0 Å². The van der Waals surface area contributed by atoms with E-state index in [0.717, 1.165) is 10.4 Å². The number of benzene rings is 1. The van der Waals surface area contributed by atoms with Crippen LogP contribution in [0.4, 0.5) is 22.2 Å². The monoisotopic (exact) mass is 460 g/mol. The van der Waals surface area contributed by atoms with Crippen molar-refractivity contribution in [3.63, 3.8) is 0 Å². The van der Waals surface area contributed by atoms with Crippen LogP contribution >= 0.6 is 11.3 Å². The highest BCUT2D eigenvalue weighted by Gasteiger charge is 2.14. The van der Waals surface area contributed by atoms with E-state index >= 15 is 0 Å². The number of nitrogens with one attached hydrogen (secondary N) is 4. The minimum Gasteiger partial charge on any atom is -0.394 e. The zero-order valence-corrected chi connectivity index (χ0v) is 18.7. The van der Waals surface area contributed by atoms with Gasteiger partial charge in [0.15, 0.2) is 0 Å². The summed E-state index contributed by atoms with van der Waals surface area (Å²) in [6.45, 7) is 1.82. The molecule has 2 aromatic heterocycles. The highest BCUT2D eigenvalue weighted by atomic mass is 32.2. The Morgan fingerprint density at radius 3 is 2.65 bits per heavy atom. The molecule has 164 valence electrons. The number of aliphatic hydroxyl groups is 1. The summed E-state index contributed by atoms with van der Waals surface area (Å²) in [4.78, 5) is 21.8. The number of thiophene rings is 1. The van der Waals surface area contributed by atoms with Gasteiger partial charge in [-0.3, -0.25) is 4.72 Å². The summed E-state index contributed by atoms with van der Waals surface area (Å²) in [6.07, 6.45) is 1.72. The Hall–Kier alpha value is -3.15. The van der Waals surface area contributed by atoms with Gasteiger partial charge >= 0.3 is 6.03 Å². The summed E-state index contributed by atoms with van der Waals surface area (Å²) >= 11 is 1.57. The molecular weight excluding hydrogens is 436 g/mol.